The van der Waals surface area contributed by atoms with Crippen LogP contribution in [0.4, 0.5) is 11.4 Å². The fourth-order valence-corrected chi connectivity index (χ4v) is 2.41. The Kier molecular flexibility index (Phi) is 6.00. The lowest BCUT2D eigenvalue weighted by Crippen LogP contribution is -2.40. The minimum atomic E-state index is -0.234. The van der Waals surface area contributed by atoms with Gasteiger partial charge in [0.05, 0.1) is 14.2 Å². The molecule has 6 nitrogen and oxygen atoms in total. The van der Waals surface area contributed by atoms with Gasteiger partial charge in [0.15, 0.2) is 11.5 Å². The van der Waals surface area contributed by atoms with Crippen molar-refractivity contribution in [1.29, 1.82) is 0 Å². The van der Waals surface area contributed by atoms with E-state index < -0.39 is 0 Å². The number of ether oxygens (including phenoxy) is 2. The number of hydrogen-bond donors (Lipinski definition) is 0. The molecule has 2 rings (SSSR count). The van der Waals surface area contributed by atoms with Gasteiger partial charge in [-0.15, -0.1) is 0 Å². The summed E-state index contributed by atoms with van der Waals surface area (Å²) in [5.74, 6) is 0.621. The van der Waals surface area contributed by atoms with Gasteiger partial charge in [0.1, 0.15) is 6.54 Å². The summed E-state index contributed by atoms with van der Waals surface area (Å²) in [5, 5.41) is 0. The molecule has 0 aromatic heterocycles. The largest absolute Gasteiger partial charge is 0.493 e. The number of anilines is 2. The second-order valence-corrected chi connectivity index (χ2v) is 5.43. The molecule has 0 unspecified atom stereocenters. The van der Waals surface area contributed by atoms with Crippen molar-refractivity contribution in [1.82, 2.24) is 0 Å². The van der Waals surface area contributed by atoms with Crippen molar-refractivity contribution in [2.24, 2.45) is 0 Å². The number of methoxy groups -OCH3 is 2. The summed E-state index contributed by atoms with van der Waals surface area (Å²) in [5.41, 5.74) is 1.34. The summed E-state index contributed by atoms with van der Waals surface area (Å²) in [7, 11) is 4.75. The van der Waals surface area contributed by atoms with Crippen molar-refractivity contribution in [2.45, 2.75) is 6.92 Å². The van der Waals surface area contributed by atoms with Gasteiger partial charge >= 0.3 is 0 Å². The summed E-state index contributed by atoms with van der Waals surface area (Å²) in [6, 6.07) is 14.4. The van der Waals surface area contributed by atoms with Gasteiger partial charge in [0.25, 0.3) is 0 Å². The molecule has 0 heterocycles. The van der Waals surface area contributed by atoms with E-state index in [0.717, 1.165) is 5.69 Å². The van der Waals surface area contributed by atoms with E-state index in [1.807, 2.05) is 30.3 Å². The van der Waals surface area contributed by atoms with E-state index in [4.69, 9.17) is 9.47 Å². The third kappa shape index (κ3) is 4.29. The van der Waals surface area contributed by atoms with E-state index in [2.05, 4.69) is 0 Å². The molecule has 0 saturated heterocycles. The number of likely N-dealkylation sites (N-methyl/N-ethyl adjacent to an activating group) is 1. The molecule has 0 bridgehead atoms. The molecule has 25 heavy (non-hydrogen) atoms. The van der Waals surface area contributed by atoms with E-state index in [9.17, 15) is 9.59 Å². The van der Waals surface area contributed by atoms with Crippen LogP contribution in [0.15, 0.2) is 48.5 Å². The molecule has 6 heteroatoms. The van der Waals surface area contributed by atoms with Crippen LogP contribution in [-0.4, -0.2) is 39.6 Å². The smallest absolute Gasteiger partial charge is 0.246 e. The Balaban J connectivity index is 2.24. The van der Waals surface area contributed by atoms with Crippen LogP contribution in [-0.2, 0) is 9.59 Å². The first-order valence-electron chi connectivity index (χ1n) is 7.79. The molecule has 2 aromatic rings. The van der Waals surface area contributed by atoms with Gasteiger partial charge in [-0.1, -0.05) is 18.2 Å². The van der Waals surface area contributed by atoms with E-state index in [1.54, 1.807) is 32.4 Å². The van der Waals surface area contributed by atoms with Crippen LogP contribution in [0.1, 0.15) is 6.92 Å². The van der Waals surface area contributed by atoms with Gasteiger partial charge in [-0.3, -0.25) is 9.59 Å². The predicted molar refractivity (Wildman–Crippen MR) is 97.4 cm³/mol. The minimum absolute atomic E-state index is 0.0732. The van der Waals surface area contributed by atoms with E-state index in [1.165, 1.54) is 23.8 Å². The van der Waals surface area contributed by atoms with Gasteiger partial charge in [-0.05, 0) is 24.3 Å². The maximum absolute atomic E-state index is 12.6. The van der Waals surface area contributed by atoms with Crippen molar-refractivity contribution in [2.75, 3.05) is 37.6 Å². The van der Waals surface area contributed by atoms with Gasteiger partial charge in [-0.25, -0.2) is 0 Å². The van der Waals surface area contributed by atoms with Crippen molar-refractivity contribution in [3.63, 3.8) is 0 Å². The van der Waals surface area contributed by atoms with Gasteiger partial charge in [-0.2, -0.15) is 0 Å². The lowest BCUT2D eigenvalue weighted by atomic mass is 10.2. The number of rotatable bonds is 6. The molecule has 0 aliphatic carbocycles. The Bertz CT molecular complexity index is 746. The molecule has 0 radical (unpaired) electrons. The van der Waals surface area contributed by atoms with Crippen molar-refractivity contribution in [3.05, 3.63) is 48.5 Å². The van der Waals surface area contributed by atoms with Crippen molar-refractivity contribution >= 4 is 23.2 Å². The highest BCUT2D eigenvalue weighted by Gasteiger charge is 2.20. The van der Waals surface area contributed by atoms with Crippen LogP contribution >= 0.6 is 0 Å². The molecule has 0 atom stereocenters. The standard InChI is InChI=1S/C19H22N2O4/c1-14(22)21(16-10-11-17(24-3)18(12-16)25-4)13-19(23)20(2)15-8-6-5-7-9-15/h5-12H,13H2,1-4H3. The van der Waals surface area contributed by atoms with E-state index in [0.29, 0.717) is 17.2 Å². The Hall–Kier alpha value is -3.02. The maximum atomic E-state index is 12.6. The first-order valence-corrected chi connectivity index (χ1v) is 7.79. The van der Waals surface area contributed by atoms with Crippen LogP contribution in [0.2, 0.25) is 0 Å². The third-order valence-corrected chi connectivity index (χ3v) is 3.87. The summed E-state index contributed by atoms with van der Waals surface area (Å²) in [4.78, 5) is 27.6. The molecule has 132 valence electrons. The van der Waals surface area contributed by atoms with Crippen LogP contribution in [0, 0.1) is 0 Å². The number of hydrogen-bond acceptors (Lipinski definition) is 4. The summed E-state index contributed by atoms with van der Waals surface area (Å²) in [6.45, 7) is 1.35. The molecule has 0 N–H and O–H groups in total. The molecular formula is C19H22N2O4. The number of benzene rings is 2. The molecule has 0 aliphatic heterocycles. The highest BCUT2D eigenvalue weighted by molar-refractivity contribution is 6.02. The SMILES string of the molecule is COc1ccc(N(CC(=O)N(C)c2ccccc2)C(C)=O)cc1OC. The highest BCUT2D eigenvalue weighted by Crippen LogP contribution is 2.31. The Morgan fingerprint density at radius 3 is 2.12 bits per heavy atom. The zero-order valence-electron chi connectivity index (χ0n) is 14.9. The lowest BCUT2D eigenvalue weighted by Gasteiger charge is -2.25. The van der Waals surface area contributed by atoms with Gasteiger partial charge in [0.2, 0.25) is 11.8 Å². The molecule has 0 spiro atoms. The second-order valence-electron chi connectivity index (χ2n) is 5.43. The zero-order chi connectivity index (χ0) is 18.4. The quantitative estimate of drug-likeness (QED) is 0.810. The van der Waals surface area contributed by atoms with E-state index >= 15 is 0 Å². The molecule has 0 fully saturated rings. The molecule has 2 aromatic carbocycles. The van der Waals surface area contributed by atoms with Crippen LogP contribution in [0.5, 0.6) is 11.5 Å². The number of nitrogens with zero attached hydrogens (tertiary/aromatic N) is 2. The summed E-state index contributed by atoms with van der Waals surface area (Å²) < 4.78 is 10.5. The van der Waals surface area contributed by atoms with Gasteiger partial charge < -0.3 is 19.3 Å². The van der Waals surface area contributed by atoms with Gasteiger partial charge in [0, 0.05) is 31.4 Å². The first-order chi connectivity index (χ1) is 12.0. The lowest BCUT2D eigenvalue weighted by molar-refractivity contribution is -0.121. The number of para-hydroxylation sites is 1. The molecule has 2 amide bonds. The first kappa shape index (κ1) is 18.3. The maximum Gasteiger partial charge on any atom is 0.246 e. The van der Waals surface area contributed by atoms with E-state index in [-0.39, 0.29) is 18.4 Å². The number of carbonyl (C=O) groups excluding carboxylic acids is 2. The fourth-order valence-electron chi connectivity index (χ4n) is 2.41. The number of amides is 2. The van der Waals surface area contributed by atoms with Crippen molar-refractivity contribution in [3.8, 4) is 11.5 Å². The summed E-state index contributed by atoms with van der Waals surface area (Å²) >= 11 is 0. The second kappa shape index (κ2) is 8.19. The topological polar surface area (TPSA) is 59.1 Å². The Morgan fingerprint density at radius 2 is 1.56 bits per heavy atom. The van der Waals surface area contributed by atoms with Crippen LogP contribution < -0.4 is 19.3 Å². The molecule has 0 saturated carbocycles. The fraction of sp³-hybridized carbons (Fsp3) is 0.263. The predicted octanol–water partition coefficient (Wildman–Crippen LogP) is 2.72. The molecule has 0 aliphatic rings. The van der Waals surface area contributed by atoms with Crippen LogP contribution in [0.25, 0.3) is 0 Å². The summed E-state index contributed by atoms with van der Waals surface area (Å²) in [6.07, 6.45) is 0. The Morgan fingerprint density at radius 1 is 0.920 bits per heavy atom. The van der Waals surface area contributed by atoms with Crippen molar-refractivity contribution < 1.29 is 19.1 Å². The Labute approximate surface area is 147 Å². The number of carbonyl (C=O) groups is 2. The highest BCUT2D eigenvalue weighted by atomic mass is 16.5. The third-order valence-electron chi connectivity index (χ3n) is 3.87. The monoisotopic (exact) mass is 342 g/mol. The zero-order valence-corrected chi connectivity index (χ0v) is 14.9. The average Bonchev–Trinajstić information content (AvgIpc) is 2.65. The van der Waals surface area contributed by atoms with Crippen LogP contribution in [0.3, 0.4) is 0 Å². The normalized spacial score (nSPS) is 10.1. The minimum Gasteiger partial charge on any atom is -0.493 e. The average molecular weight is 342 g/mol. The molecular weight excluding hydrogens is 320 g/mol.